The molecule has 4 rings (SSSR count). The Morgan fingerprint density at radius 2 is 1.62 bits per heavy atom. The second kappa shape index (κ2) is 12.8. The average Bonchev–Trinajstić information content (AvgIpc) is 3.28. The lowest BCUT2D eigenvalue weighted by Crippen LogP contribution is -2.59. The summed E-state index contributed by atoms with van der Waals surface area (Å²) in [4.78, 5) is 26.0. The zero-order chi connectivity index (χ0) is 28.4. The Morgan fingerprint density at radius 1 is 0.923 bits per heavy atom. The Kier molecular flexibility index (Phi) is 10.1. The highest BCUT2D eigenvalue weighted by atomic mass is 16.5. The Balaban J connectivity index is 1.43. The third-order valence-electron chi connectivity index (χ3n) is 12.3. The normalized spacial score (nSPS) is 40.2. The van der Waals surface area contributed by atoms with Crippen LogP contribution in [-0.4, -0.2) is 62.9 Å². The number of fused-ring (bicyclic) bond motifs is 5. The van der Waals surface area contributed by atoms with Crippen molar-refractivity contribution in [3.05, 3.63) is 0 Å². The summed E-state index contributed by atoms with van der Waals surface area (Å²) in [7, 11) is 3.20. The third kappa shape index (κ3) is 6.08. The first kappa shape index (κ1) is 30.8. The maximum absolute atomic E-state index is 12.8. The van der Waals surface area contributed by atoms with Gasteiger partial charge in [0.25, 0.3) is 0 Å². The Labute approximate surface area is 238 Å². The van der Waals surface area contributed by atoms with Gasteiger partial charge in [-0.1, -0.05) is 20.8 Å². The molecule has 0 radical (unpaired) electrons. The molecule has 4 aliphatic rings. The van der Waals surface area contributed by atoms with Crippen molar-refractivity contribution in [2.45, 2.75) is 117 Å². The minimum atomic E-state index is -0.265. The lowest BCUT2D eigenvalue weighted by atomic mass is 9.43. The van der Waals surface area contributed by atoms with Crippen molar-refractivity contribution in [2.24, 2.45) is 46.3 Å². The molecule has 1 amide bonds. The molecule has 6 nitrogen and oxygen atoms in total. The van der Waals surface area contributed by atoms with Gasteiger partial charge in [0.2, 0.25) is 5.91 Å². The van der Waals surface area contributed by atoms with E-state index in [1.165, 1.54) is 58.5 Å². The molecule has 2 unspecified atom stereocenters. The highest BCUT2D eigenvalue weighted by molar-refractivity contribution is 5.77. The van der Waals surface area contributed by atoms with Crippen LogP contribution in [0.5, 0.6) is 0 Å². The number of rotatable bonds is 11. The predicted octanol–water partition coefficient (Wildman–Crippen LogP) is 6.50. The zero-order valence-corrected chi connectivity index (χ0v) is 26.0. The van der Waals surface area contributed by atoms with Gasteiger partial charge in [-0.3, -0.25) is 9.59 Å². The summed E-state index contributed by atoms with van der Waals surface area (Å²) >= 11 is 0. The molecule has 4 aliphatic carbocycles. The van der Waals surface area contributed by atoms with Crippen LogP contribution in [0.15, 0.2) is 0 Å². The van der Waals surface area contributed by atoms with Gasteiger partial charge < -0.3 is 19.1 Å². The molecular formula is C33H57NO5. The van der Waals surface area contributed by atoms with Crippen molar-refractivity contribution in [1.29, 1.82) is 0 Å². The molecule has 0 aromatic carbocycles. The number of esters is 1. The fourth-order valence-electron chi connectivity index (χ4n) is 10.1. The first-order chi connectivity index (χ1) is 18.6. The standard InChI is InChI=1S/C33H57NO5/c1-8-38-24-14-17-32(4)23(20-24)21-28(39-9-2)31-26-12-11-25(33(26,5)18-15-27(31)32)22(3)10-13-29(35)34(6)19-16-30(36)37-7/h22-28,31H,8-21H2,1-7H3/t22-,23+,24-,25-,26?,27?,28-,31+,32+,33-/m1/s1. The molecule has 4 saturated carbocycles. The third-order valence-corrected chi connectivity index (χ3v) is 12.3. The van der Waals surface area contributed by atoms with Gasteiger partial charge >= 0.3 is 5.97 Å². The quantitative estimate of drug-likeness (QED) is 0.276. The SMILES string of the molecule is CCO[C@@H]1CC[C@]2(C)C3CC[C@@]4(C)C(CC[C@@H]4[C@H](C)CCC(=O)N(C)CCC(=O)OC)[C@@H]3[C@H](OCC)C[C@@H]2C1. The maximum Gasteiger partial charge on any atom is 0.307 e. The van der Waals surface area contributed by atoms with Crippen molar-refractivity contribution < 1.29 is 23.8 Å². The van der Waals surface area contributed by atoms with Crippen LogP contribution >= 0.6 is 0 Å². The van der Waals surface area contributed by atoms with E-state index in [1.54, 1.807) is 11.9 Å². The molecule has 10 atom stereocenters. The zero-order valence-electron chi connectivity index (χ0n) is 26.0. The average molecular weight is 548 g/mol. The molecule has 0 heterocycles. The number of ether oxygens (including phenoxy) is 3. The number of hydrogen-bond acceptors (Lipinski definition) is 5. The van der Waals surface area contributed by atoms with Crippen LogP contribution in [-0.2, 0) is 23.8 Å². The monoisotopic (exact) mass is 547 g/mol. The van der Waals surface area contributed by atoms with Crippen molar-refractivity contribution >= 4 is 11.9 Å². The summed E-state index contributed by atoms with van der Waals surface area (Å²) in [5.41, 5.74) is 0.750. The van der Waals surface area contributed by atoms with E-state index in [4.69, 9.17) is 14.2 Å². The molecule has 4 fully saturated rings. The van der Waals surface area contributed by atoms with Crippen LogP contribution in [0.1, 0.15) is 105 Å². The summed E-state index contributed by atoms with van der Waals surface area (Å²) in [6, 6.07) is 0. The van der Waals surface area contributed by atoms with E-state index in [2.05, 4.69) is 34.6 Å². The number of carbonyl (C=O) groups excluding carboxylic acids is 2. The number of methoxy groups -OCH3 is 1. The maximum atomic E-state index is 12.8. The first-order valence-electron chi connectivity index (χ1n) is 16.1. The first-order valence-corrected chi connectivity index (χ1v) is 16.1. The summed E-state index contributed by atoms with van der Waals surface area (Å²) < 4.78 is 17.5. The fourth-order valence-corrected chi connectivity index (χ4v) is 10.1. The van der Waals surface area contributed by atoms with Crippen LogP contribution in [0.4, 0.5) is 0 Å². The highest BCUT2D eigenvalue weighted by Crippen LogP contribution is 2.68. The summed E-state index contributed by atoms with van der Waals surface area (Å²) in [6.45, 7) is 14.0. The van der Waals surface area contributed by atoms with E-state index in [1.807, 2.05) is 0 Å². The van der Waals surface area contributed by atoms with Crippen molar-refractivity contribution in [3.63, 3.8) is 0 Å². The van der Waals surface area contributed by atoms with Crippen LogP contribution in [0, 0.1) is 46.3 Å². The second-order valence-electron chi connectivity index (χ2n) is 14.0. The Bertz CT molecular complexity index is 848. The molecular weight excluding hydrogens is 490 g/mol. The number of carbonyl (C=O) groups is 2. The second-order valence-corrected chi connectivity index (χ2v) is 14.0. The van der Waals surface area contributed by atoms with Crippen LogP contribution in [0.2, 0.25) is 0 Å². The number of hydrogen-bond donors (Lipinski definition) is 0. The van der Waals surface area contributed by atoms with E-state index >= 15 is 0 Å². The number of amides is 1. The fraction of sp³-hybridized carbons (Fsp3) is 0.939. The summed E-state index contributed by atoms with van der Waals surface area (Å²) in [5.74, 6) is 3.92. The van der Waals surface area contributed by atoms with Gasteiger partial charge in [0.05, 0.1) is 25.7 Å². The van der Waals surface area contributed by atoms with Crippen molar-refractivity contribution in [1.82, 2.24) is 4.90 Å². The van der Waals surface area contributed by atoms with Gasteiger partial charge in [-0.05, 0) is 118 Å². The van der Waals surface area contributed by atoms with Crippen LogP contribution < -0.4 is 0 Å². The molecule has 6 heteroatoms. The van der Waals surface area contributed by atoms with Gasteiger partial charge in [0.1, 0.15) is 0 Å². The van der Waals surface area contributed by atoms with E-state index in [0.29, 0.717) is 59.7 Å². The minimum absolute atomic E-state index is 0.138. The van der Waals surface area contributed by atoms with Gasteiger partial charge in [-0.15, -0.1) is 0 Å². The van der Waals surface area contributed by atoms with E-state index < -0.39 is 0 Å². The molecule has 224 valence electrons. The highest BCUT2D eigenvalue weighted by Gasteiger charge is 2.63. The lowest BCUT2D eigenvalue weighted by Gasteiger charge is -2.63. The van der Waals surface area contributed by atoms with E-state index in [9.17, 15) is 9.59 Å². The van der Waals surface area contributed by atoms with Crippen molar-refractivity contribution in [3.8, 4) is 0 Å². The molecule has 0 spiro atoms. The van der Waals surface area contributed by atoms with Gasteiger partial charge in [-0.2, -0.15) is 0 Å². The topological polar surface area (TPSA) is 65.1 Å². The lowest BCUT2D eigenvalue weighted by molar-refractivity contribution is -0.190. The molecule has 0 aromatic rings. The summed E-state index contributed by atoms with van der Waals surface area (Å²) in [6.07, 6.45) is 12.7. The van der Waals surface area contributed by atoms with Crippen LogP contribution in [0.25, 0.3) is 0 Å². The van der Waals surface area contributed by atoms with Gasteiger partial charge in [-0.25, -0.2) is 0 Å². The largest absolute Gasteiger partial charge is 0.469 e. The number of nitrogens with zero attached hydrogens (tertiary/aromatic N) is 1. The Hall–Kier alpha value is -1.14. The summed E-state index contributed by atoms with van der Waals surface area (Å²) in [5, 5.41) is 0. The molecule has 0 saturated heterocycles. The Morgan fingerprint density at radius 3 is 2.31 bits per heavy atom. The molecule has 0 aliphatic heterocycles. The van der Waals surface area contributed by atoms with Gasteiger partial charge in [0, 0.05) is 33.2 Å². The van der Waals surface area contributed by atoms with Gasteiger partial charge in [0.15, 0.2) is 0 Å². The molecule has 0 N–H and O–H groups in total. The van der Waals surface area contributed by atoms with E-state index in [0.717, 1.165) is 31.5 Å². The molecule has 39 heavy (non-hydrogen) atoms. The molecule has 0 bridgehead atoms. The van der Waals surface area contributed by atoms with Crippen molar-refractivity contribution in [2.75, 3.05) is 33.9 Å². The molecule has 0 aromatic heterocycles. The minimum Gasteiger partial charge on any atom is -0.469 e. The smallest absolute Gasteiger partial charge is 0.307 e. The van der Waals surface area contributed by atoms with E-state index in [-0.39, 0.29) is 18.3 Å². The predicted molar refractivity (Wildman–Crippen MR) is 154 cm³/mol. The van der Waals surface area contributed by atoms with Crippen LogP contribution in [0.3, 0.4) is 0 Å².